The molecule has 0 heterocycles. The molecule has 4 heteroatoms. The van der Waals surface area contributed by atoms with Gasteiger partial charge in [0, 0.05) is 5.56 Å². The fraction of sp³-hybridized carbons (Fsp3) is 0.222. The minimum absolute atomic E-state index is 0.0370. The lowest BCUT2D eigenvalue weighted by molar-refractivity contribution is 0.400. The monoisotopic (exact) mass is 183 g/mol. The van der Waals surface area contributed by atoms with Crippen LogP contribution in [0.2, 0.25) is 0 Å². The highest BCUT2D eigenvalue weighted by Crippen LogP contribution is 2.23. The van der Waals surface area contributed by atoms with Gasteiger partial charge in [-0.25, -0.2) is 8.78 Å². The van der Waals surface area contributed by atoms with Crippen LogP contribution in [0.3, 0.4) is 0 Å². The molecule has 13 heavy (non-hydrogen) atoms. The predicted molar refractivity (Wildman–Crippen MR) is 42.2 cm³/mol. The molecular formula is C9H7F2NO. The van der Waals surface area contributed by atoms with E-state index in [4.69, 9.17) is 10.00 Å². The van der Waals surface area contributed by atoms with E-state index in [0.29, 0.717) is 0 Å². The number of ether oxygens (including phenoxy) is 1. The third kappa shape index (κ3) is 1.75. The molecule has 0 atom stereocenters. The highest BCUT2D eigenvalue weighted by Gasteiger charge is 2.13. The van der Waals surface area contributed by atoms with Crippen molar-refractivity contribution in [3.05, 3.63) is 29.3 Å². The zero-order chi connectivity index (χ0) is 9.84. The third-order valence-electron chi connectivity index (χ3n) is 1.63. The zero-order valence-corrected chi connectivity index (χ0v) is 6.97. The molecule has 0 saturated carbocycles. The van der Waals surface area contributed by atoms with E-state index >= 15 is 0 Å². The first kappa shape index (κ1) is 9.46. The molecule has 0 fully saturated rings. The molecule has 0 aliphatic rings. The molecule has 1 aromatic carbocycles. The second-order valence-electron chi connectivity index (χ2n) is 2.38. The summed E-state index contributed by atoms with van der Waals surface area (Å²) in [7, 11) is 1.34. The number of methoxy groups -OCH3 is 1. The van der Waals surface area contributed by atoms with Crippen LogP contribution in [-0.4, -0.2) is 7.11 Å². The van der Waals surface area contributed by atoms with Crippen molar-refractivity contribution in [2.24, 2.45) is 0 Å². The molecule has 0 aliphatic heterocycles. The van der Waals surface area contributed by atoms with E-state index in [1.807, 2.05) is 0 Å². The van der Waals surface area contributed by atoms with Crippen LogP contribution in [0.1, 0.15) is 5.56 Å². The normalized spacial score (nSPS) is 9.38. The number of hydrogen-bond donors (Lipinski definition) is 0. The van der Waals surface area contributed by atoms with Crippen molar-refractivity contribution in [1.82, 2.24) is 0 Å². The van der Waals surface area contributed by atoms with Crippen LogP contribution in [0.5, 0.6) is 5.75 Å². The van der Waals surface area contributed by atoms with Gasteiger partial charge in [0.15, 0.2) is 11.6 Å². The molecule has 0 saturated heterocycles. The molecule has 2 nitrogen and oxygen atoms in total. The van der Waals surface area contributed by atoms with Gasteiger partial charge in [-0.3, -0.25) is 0 Å². The summed E-state index contributed by atoms with van der Waals surface area (Å²) in [6.45, 7) is 0. The van der Waals surface area contributed by atoms with Gasteiger partial charge in [0.05, 0.1) is 19.6 Å². The molecule has 0 aromatic heterocycles. The maximum atomic E-state index is 13.0. The number of benzene rings is 1. The number of nitriles is 1. The summed E-state index contributed by atoms with van der Waals surface area (Å²) in [5, 5.41) is 8.36. The predicted octanol–water partition coefficient (Wildman–Crippen LogP) is 2.04. The molecule has 0 N–H and O–H groups in total. The van der Waals surface area contributed by atoms with E-state index < -0.39 is 11.6 Å². The molecule has 0 spiro atoms. The van der Waals surface area contributed by atoms with Crippen molar-refractivity contribution in [3.63, 3.8) is 0 Å². The number of nitrogens with zero attached hydrogens (tertiary/aromatic N) is 1. The van der Waals surface area contributed by atoms with E-state index in [1.54, 1.807) is 6.07 Å². The van der Waals surface area contributed by atoms with Crippen LogP contribution >= 0.6 is 0 Å². The van der Waals surface area contributed by atoms with E-state index in [9.17, 15) is 8.78 Å². The first-order chi connectivity index (χ1) is 6.20. The van der Waals surface area contributed by atoms with Crippen LogP contribution in [0.15, 0.2) is 12.1 Å². The molecule has 0 aliphatic carbocycles. The lowest BCUT2D eigenvalue weighted by Gasteiger charge is -2.06. The Bertz CT molecular complexity index is 357. The third-order valence-corrected chi connectivity index (χ3v) is 1.63. The molecule has 0 amide bonds. The van der Waals surface area contributed by atoms with Crippen LogP contribution in [0.25, 0.3) is 0 Å². The summed E-state index contributed by atoms with van der Waals surface area (Å²) in [6, 6.07) is 4.00. The summed E-state index contributed by atoms with van der Waals surface area (Å²) in [4.78, 5) is 0. The van der Waals surface area contributed by atoms with Gasteiger partial charge < -0.3 is 4.74 Å². The molecule has 68 valence electrons. The lowest BCUT2D eigenvalue weighted by atomic mass is 10.1. The van der Waals surface area contributed by atoms with Crippen molar-refractivity contribution in [2.45, 2.75) is 6.42 Å². The average molecular weight is 183 g/mol. The highest BCUT2D eigenvalue weighted by atomic mass is 19.2. The topological polar surface area (TPSA) is 33.0 Å². The molecule has 0 unspecified atom stereocenters. The summed E-state index contributed by atoms with van der Waals surface area (Å²) in [5.41, 5.74) is -0.0370. The maximum Gasteiger partial charge on any atom is 0.166 e. The van der Waals surface area contributed by atoms with Gasteiger partial charge in [-0.2, -0.15) is 5.26 Å². The van der Waals surface area contributed by atoms with Crippen LogP contribution in [-0.2, 0) is 6.42 Å². The van der Waals surface area contributed by atoms with Crippen molar-refractivity contribution in [3.8, 4) is 11.8 Å². The van der Waals surface area contributed by atoms with E-state index in [0.717, 1.165) is 6.07 Å². The molecule has 0 bridgehead atoms. The smallest absolute Gasteiger partial charge is 0.166 e. The second-order valence-corrected chi connectivity index (χ2v) is 2.38. The number of halogens is 2. The summed E-state index contributed by atoms with van der Waals surface area (Å²) in [6.07, 6.45) is -0.202. The van der Waals surface area contributed by atoms with Gasteiger partial charge in [0.25, 0.3) is 0 Å². The Morgan fingerprint density at radius 2 is 2.15 bits per heavy atom. The molecule has 0 radical (unpaired) electrons. The highest BCUT2D eigenvalue weighted by molar-refractivity contribution is 5.37. The standard InChI is InChI=1S/C9H7F2NO/c1-13-8-3-2-7(10)9(11)6(8)4-5-12/h2-3H,4H2,1H3. The minimum atomic E-state index is -1.01. The Hall–Kier alpha value is -1.63. The Morgan fingerprint density at radius 1 is 1.46 bits per heavy atom. The Kier molecular flexibility index (Phi) is 2.80. The van der Waals surface area contributed by atoms with Gasteiger partial charge in [-0.15, -0.1) is 0 Å². The average Bonchev–Trinajstić information content (AvgIpc) is 2.14. The SMILES string of the molecule is COc1ccc(F)c(F)c1CC#N. The number of rotatable bonds is 2. The largest absolute Gasteiger partial charge is 0.496 e. The van der Waals surface area contributed by atoms with Gasteiger partial charge in [0.2, 0.25) is 0 Å². The fourth-order valence-corrected chi connectivity index (χ4v) is 1.01. The van der Waals surface area contributed by atoms with Gasteiger partial charge in [-0.05, 0) is 12.1 Å². The van der Waals surface area contributed by atoms with Crippen LogP contribution in [0, 0.1) is 23.0 Å². The van der Waals surface area contributed by atoms with E-state index in [-0.39, 0.29) is 17.7 Å². The van der Waals surface area contributed by atoms with Crippen molar-refractivity contribution >= 4 is 0 Å². The lowest BCUT2D eigenvalue weighted by Crippen LogP contribution is -1.97. The summed E-state index contributed by atoms with van der Waals surface area (Å²) < 4.78 is 30.5. The summed E-state index contributed by atoms with van der Waals surface area (Å²) >= 11 is 0. The van der Waals surface area contributed by atoms with Gasteiger partial charge in [0.1, 0.15) is 5.75 Å². The molecule has 1 aromatic rings. The van der Waals surface area contributed by atoms with Crippen LogP contribution < -0.4 is 4.74 Å². The molecular weight excluding hydrogens is 176 g/mol. The van der Waals surface area contributed by atoms with E-state index in [1.165, 1.54) is 13.2 Å². The zero-order valence-electron chi connectivity index (χ0n) is 6.97. The van der Waals surface area contributed by atoms with E-state index in [2.05, 4.69) is 0 Å². The second kappa shape index (κ2) is 3.85. The Balaban J connectivity index is 3.25. The fourth-order valence-electron chi connectivity index (χ4n) is 1.01. The summed E-state index contributed by atoms with van der Waals surface area (Å²) in [5.74, 6) is -1.78. The first-order valence-corrected chi connectivity index (χ1v) is 3.58. The van der Waals surface area contributed by atoms with Crippen LogP contribution in [0.4, 0.5) is 8.78 Å². The Labute approximate surface area is 74.4 Å². The van der Waals surface area contributed by atoms with Gasteiger partial charge in [-0.1, -0.05) is 0 Å². The first-order valence-electron chi connectivity index (χ1n) is 3.58. The Morgan fingerprint density at radius 3 is 2.69 bits per heavy atom. The minimum Gasteiger partial charge on any atom is -0.496 e. The van der Waals surface area contributed by atoms with Crippen molar-refractivity contribution in [1.29, 1.82) is 5.26 Å². The molecule has 1 rings (SSSR count). The maximum absolute atomic E-state index is 13.0. The van der Waals surface area contributed by atoms with Crippen molar-refractivity contribution in [2.75, 3.05) is 7.11 Å². The van der Waals surface area contributed by atoms with Gasteiger partial charge >= 0.3 is 0 Å². The van der Waals surface area contributed by atoms with Crippen molar-refractivity contribution < 1.29 is 13.5 Å². The number of hydrogen-bond acceptors (Lipinski definition) is 2. The quantitative estimate of drug-likeness (QED) is 0.702.